The van der Waals surface area contributed by atoms with Gasteiger partial charge in [0, 0.05) is 36.5 Å². The van der Waals surface area contributed by atoms with E-state index in [0.717, 1.165) is 28.8 Å². The van der Waals surface area contributed by atoms with Gasteiger partial charge in [0.15, 0.2) is 5.13 Å². The van der Waals surface area contributed by atoms with Gasteiger partial charge in [-0.2, -0.15) is 0 Å². The summed E-state index contributed by atoms with van der Waals surface area (Å²) < 4.78 is 5.23. The molecule has 1 fully saturated rings. The summed E-state index contributed by atoms with van der Waals surface area (Å²) >= 11 is 1.55. The normalized spacial score (nSPS) is 16.8. The van der Waals surface area contributed by atoms with E-state index >= 15 is 0 Å². The van der Waals surface area contributed by atoms with E-state index in [2.05, 4.69) is 20.3 Å². The third kappa shape index (κ3) is 4.28. The second kappa shape index (κ2) is 7.93. The van der Waals surface area contributed by atoms with Gasteiger partial charge in [-0.1, -0.05) is 0 Å². The first-order valence-electron chi connectivity index (χ1n) is 9.12. The van der Waals surface area contributed by atoms with Crippen molar-refractivity contribution in [2.24, 2.45) is 0 Å². The highest BCUT2D eigenvalue weighted by molar-refractivity contribution is 7.13. The number of nitrogens with one attached hydrogen (secondary N) is 1. The molecule has 0 bridgehead atoms. The average Bonchev–Trinajstić information content (AvgIpc) is 3.41. The Labute approximate surface area is 167 Å². The molecule has 1 N–H and O–H groups in total. The fourth-order valence-electron chi connectivity index (χ4n) is 3.23. The number of aryl methyl sites for hydroxylation is 2. The molecule has 0 saturated carbocycles. The number of furan rings is 1. The Bertz CT molecular complexity index is 996. The van der Waals surface area contributed by atoms with Gasteiger partial charge >= 0.3 is 0 Å². The standard InChI is InChI=1S/C20H21N5O2S/c1-13-12-28-20(21-13)24-18-10-17(22-14(2)23-18)15-7-8-25(11-15)19(26)6-5-16-4-3-9-27-16/h3-6,9-10,12,15H,7-8,11H2,1-2H3,(H,21,22,23,24)/b6-5+. The quantitative estimate of drug-likeness (QED) is 0.659. The molecule has 1 saturated heterocycles. The van der Waals surface area contributed by atoms with Crippen LogP contribution in [0, 0.1) is 13.8 Å². The second-order valence-corrected chi connectivity index (χ2v) is 7.62. The number of amides is 1. The molecular weight excluding hydrogens is 374 g/mol. The molecule has 0 aromatic carbocycles. The Morgan fingerprint density at radius 1 is 1.36 bits per heavy atom. The van der Waals surface area contributed by atoms with Crippen molar-refractivity contribution in [1.82, 2.24) is 19.9 Å². The summed E-state index contributed by atoms with van der Waals surface area (Å²) in [4.78, 5) is 27.8. The highest BCUT2D eigenvalue weighted by atomic mass is 32.1. The van der Waals surface area contributed by atoms with Gasteiger partial charge in [0.05, 0.1) is 17.7 Å². The monoisotopic (exact) mass is 395 g/mol. The van der Waals surface area contributed by atoms with Crippen LogP contribution in [0.2, 0.25) is 0 Å². The largest absolute Gasteiger partial charge is 0.465 e. The predicted molar refractivity (Wildman–Crippen MR) is 109 cm³/mol. The van der Waals surface area contributed by atoms with Crippen LogP contribution in [0.25, 0.3) is 6.08 Å². The molecule has 3 aromatic heterocycles. The lowest BCUT2D eigenvalue weighted by atomic mass is 10.0. The molecule has 4 rings (SSSR count). The molecule has 0 spiro atoms. The zero-order valence-corrected chi connectivity index (χ0v) is 16.6. The number of nitrogens with zero attached hydrogens (tertiary/aromatic N) is 4. The molecule has 0 radical (unpaired) electrons. The summed E-state index contributed by atoms with van der Waals surface area (Å²) in [6, 6.07) is 5.58. The smallest absolute Gasteiger partial charge is 0.246 e. The fourth-order valence-corrected chi connectivity index (χ4v) is 3.93. The van der Waals surface area contributed by atoms with Crippen molar-refractivity contribution in [3.8, 4) is 0 Å². The molecule has 1 atom stereocenters. The predicted octanol–water partition coefficient (Wildman–Crippen LogP) is 3.92. The molecule has 144 valence electrons. The fraction of sp³-hybridized carbons (Fsp3) is 0.300. The maximum Gasteiger partial charge on any atom is 0.246 e. The van der Waals surface area contributed by atoms with Crippen LogP contribution in [0.1, 0.15) is 35.3 Å². The number of aromatic nitrogens is 3. The van der Waals surface area contributed by atoms with Gasteiger partial charge in [0.1, 0.15) is 17.4 Å². The van der Waals surface area contributed by atoms with Crippen LogP contribution < -0.4 is 5.32 Å². The Hall–Kier alpha value is -3.00. The SMILES string of the molecule is Cc1csc(Nc2cc(C3CCN(C(=O)/C=C/c4ccco4)C3)nc(C)n2)n1. The lowest BCUT2D eigenvalue weighted by Crippen LogP contribution is -2.26. The van der Waals surface area contributed by atoms with Gasteiger partial charge in [0.25, 0.3) is 0 Å². The molecule has 1 aliphatic rings. The summed E-state index contributed by atoms with van der Waals surface area (Å²) in [7, 11) is 0. The molecule has 1 amide bonds. The first kappa shape index (κ1) is 18.4. The first-order chi connectivity index (χ1) is 13.6. The van der Waals surface area contributed by atoms with E-state index < -0.39 is 0 Å². The van der Waals surface area contributed by atoms with Crippen molar-refractivity contribution in [3.05, 3.63) is 58.9 Å². The average molecular weight is 395 g/mol. The maximum atomic E-state index is 12.4. The van der Waals surface area contributed by atoms with Gasteiger partial charge in [0.2, 0.25) is 5.91 Å². The molecule has 8 heteroatoms. The topological polar surface area (TPSA) is 84.2 Å². The molecule has 7 nitrogen and oxygen atoms in total. The van der Waals surface area contributed by atoms with Crippen molar-refractivity contribution in [2.45, 2.75) is 26.2 Å². The van der Waals surface area contributed by atoms with Gasteiger partial charge in [-0.3, -0.25) is 4.79 Å². The van der Waals surface area contributed by atoms with Crippen LogP contribution in [0.4, 0.5) is 10.9 Å². The van der Waals surface area contributed by atoms with Gasteiger partial charge in [-0.05, 0) is 38.5 Å². The lowest BCUT2D eigenvalue weighted by molar-refractivity contribution is -0.124. The molecule has 28 heavy (non-hydrogen) atoms. The summed E-state index contributed by atoms with van der Waals surface area (Å²) in [6.07, 6.45) is 5.73. The van der Waals surface area contributed by atoms with Crippen LogP contribution >= 0.6 is 11.3 Å². The van der Waals surface area contributed by atoms with Crippen LogP contribution in [-0.2, 0) is 4.79 Å². The number of likely N-dealkylation sites (tertiary alicyclic amines) is 1. The molecule has 0 aliphatic carbocycles. The van der Waals surface area contributed by atoms with Crippen molar-refractivity contribution in [3.63, 3.8) is 0 Å². The van der Waals surface area contributed by atoms with E-state index in [1.165, 1.54) is 0 Å². The summed E-state index contributed by atoms with van der Waals surface area (Å²) in [5.74, 6) is 2.29. The Morgan fingerprint density at radius 3 is 3.00 bits per heavy atom. The van der Waals surface area contributed by atoms with E-state index in [1.54, 1.807) is 35.8 Å². The van der Waals surface area contributed by atoms with E-state index in [-0.39, 0.29) is 11.8 Å². The molecular formula is C20H21N5O2S. The van der Waals surface area contributed by atoms with Gasteiger partial charge in [-0.25, -0.2) is 15.0 Å². The van der Waals surface area contributed by atoms with Crippen molar-refractivity contribution < 1.29 is 9.21 Å². The third-order valence-corrected chi connectivity index (χ3v) is 5.44. The second-order valence-electron chi connectivity index (χ2n) is 6.76. The minimum atomic E-state index is -0.0127. The minimum Gasteiger partial charge on any atom is -0.465 e. The molecule has 1 unspecified atom stereocenters. The highest BCUT2D eigenvalue weighted by Crippen LogP contribution is 2.28. The third-order valence-electron chi connectivity index (χ3n) is 4.56. The number of carbonyl (C=O) groups excluding carboxylic acids is 1. The summed E-state index contributed by atoms with van der Waals surface area (Å²) in [5.41, 5.74) is 1.93. The van der Waals surface area contributed by atoms with Crippen molar-refractivity contribution >= 4 is 34.3 Å². The summed E-state index contributed by atoms with van der Waals surface area (Å²) in [6.45, 7) is 5.20. The van der Waals surface area contributed by atoms with E-state index in [9.17, 15) is 4.79 Å². The van der Waals surface area contributed by atoms with E-state index in [4.69, 9.17) is 4.42 Å². The van der Waals surface area contributed by atoms with Crippen LogP contribution in [0.3, 0.4) is 0 Å². The number of anilines is 2. The zero-order valence-electron chi connectivity index (χ0n) is 15.8. The van der Waals surface area contributed by atoms with Crippen molar-refractivity contribution in [2.75, 3.05) is 18.4 Å². The lowest BCUT2D eigenvalue weighted by Gasteiger charge is -2.15. The van der Waals surface area contributed by atoms with E-state index in [0.29, 0.717) is 24.7 Å². The number of thiazole rings is 1. The highest BCUT2D eigenvalue weighted by Gasteiger charge is 2.27. The Kier molecular flexibility index (Phi) is 5.21. The number of hydrogen-bond acceptors (Lipinski definition) is 7. The first-order valence-corrected chi connectivity index (χ1v) is 10.00. The van der Waals surface area contributed by atoms with Crippen molar-refractivity contribution in [1.29, 1.82) is 0 Å². The molecule has 4 heterocycles. The Morgan fingerprint density at radius 2 is 2.25 bits per heavy atom. The minimum absolute atomic E-state index is 0.0127. The number of rotatable bonds is 5. The van der Waals surface area contributed by atoms with E-state index in [1.807, 2.05) is 36.3 Å². The van der Waals surface area contributed by atoms with Gasteiger partial charge < -0.3 is 14.6 Å². The molecule has 3 aromatic rings. The maximum absolute atomic E-state index is 12.4. The van der Waals surface area contributed by atoms with Crippen LogP contribution in [0.15, 0.2) is 40.3 Å². The number of hydrogen-bond donors (Lipinski definition) is 1. The Balaban J connectivity index is 1.44. The van der Waals surface area contributed by atoms with Gasteiger partial charge in [-0.15, -0.1) is 11.3 Å². The molecule has 1 aliphatic heterocycles. The number of carbonyl (C=O) groups is 1. The van der Waals surface area contributed by atoms with Crippen LogP contribution in [-0.4, -0.2) is 38.8 Å². The zero-order chi connectivity index (χ0) is 19.5. The van der Waals surface area contributed by atoms with Crippen LogP contribution in [0.5, 0.6) is 0 Å². The summed E-state index contributed by atoms with van der Waals surface area (Å²) in [5, 5.41) is 6.06.